The molecule has 1 unspecified atom stereocenters. The number of benzene rings is 1. The van der Waals surface area contributed by atoms with Crippen LogP contribution < -0.4 is 5.32 Å². The summed E-state index contributed by atoms with van der Waals surface area (Å²) in [6.45, 7) is 2.91. The van der Waals surface area contributed by atoms with Gasteiger partial charge in [0.2, 0.25) is 0 Å². The Kier molecular flexibility index (Phi) is 5.28. The Morgan fingerprint density at radius 2 is 2.05 bits per heavy atom. The SMILES string of the molecule is CC(CNc1ccc(Cl)c(C#N)n1)Sc1ccccc1. The molecule has 0 saturated heterocycles. The van der Waals surface area contributed by atoms with E-state index in [4.69, 9.17) is 16.9 Å². The van der Waals surface area contributed by atoms with Gasteiger partial charge in [-0.05, 0) is 24.3 Å². The first-order valence-corrected chi connectivity index (χ1v) is 7.47. The van der Waals surface area contributed by atoms with Crippen molar-refractivity contribution in [3.63, 3.8) is 0 Å². The number of rotatable bonds is 5. The van der Waals surface area contributed by atoms with Crippen molar-refractivity contribution in [3.8, 4) is 6.07 Å². The molecular formula is C15H14ClN3S. The van der Waals surface area contributed by atoms with Crippen LogP contribution in [0, 0.1) is 11.3 Å². The van der Waals surface area contributed by atoms with Gasteiger partial charge in [-0.1, -0.05) is 36.7 Å². The second-order valence-electron chi connectivity index (χ2n) is 4.26. The van der Waals surface area contributed by atoms with Crippen LogP contribution in [0.3, 0.4) is 0 Å². The van der Waals surface area contributed by atoms with Crippen LogP contribution in [0.15, 0.2) is 47.4 Å². The molecule has 3 nitrogen and oxygen atoms in total. The molecule has 1 atom stereocenters. The number of pyridine rings is 1. The fourth-order valence-corrected chi connectivity index (χ4v) is 2.73. The lowest BCUT2D eigenvalue weighted by molar-refractivity contribution is 0.986. The van der Waals surface area contributed by atoms with E-state index in [1.54, 1.807) is 23.9 Å². The minimum absolute atomic E-state index is 0.250. The molecule has 0 saturated carbocycles. The van der Waals surface area contributed by atoms with E-state index in [2.05, 4.69) is 29.4 Å². The second-order valence-corrected chi connectivity index (χ2v) is 6.18. The van der Waals surface area contributed by atoms with Gasteiger partial charge in [0.1, 0.15) is 11.9 Å². The number of hydrogen-bond acceptors (Lipinski definition) is 4. The van der Waals surface area contributed by atoms with Gasteiger partial charge in [-0.25, -0.2) is 4.98 Å². The molecule has 0 bridgehead atoms. The molecule has 1 heterocycles. The lowest BCUT2D eigenvalue weighted by atomic mass is 10.3. The molecule has 0 aliphatic rings. The first-order valence-electron chi connectivity index (χ1n) is 6.21. The number of anilines is 1. The first-order chi connectivity index (χ1) is 9.69. The highest BCUT2D eigenvalue weighted by atomic mass is 35.5. The average Bonchev–Trinajstić information content (AvgIpc) is 2.47. The largest absolute Gasteiger partial charge is 0.369 e. The lowest BCUT2D eigenvalue weighted by Gasteiger charge is -2.13. The maximum Gasteiger partial charge on any atom is 0.161 e. The molecule has 0 aliphatic heterocycles. The molecule has 2 aromatic rings. The van der Waals surface area contributed by atoms with Gasteiger partial charge in [-0.15, -0.1) is 11.8 Å². The van der Waals surface area contributed by atoms with E-state index in [1.165, 1.54) is 4.90 Å². The van der Waals surface area contributed by atoms with Gasteiger partial charge in [-0.2, -0.15) is 5.26 Å². The molecule has 1 aromatic carbocycles. The smallest absolute Gasteiger partial charge is 0.161 e. The summed E-state index contributed by atoms with van der Waals surface area (Å²) in [5, 5.41) is 12.9. The van der Waals surface area contributed by atoms with Crippen LogP contribution in [-0.2, 0) is 0 Å². The Hall–Kier alpha value is -1.70. The van der Waals surface area contributed by atoms with Crippen molar-refractivity contribution in [2.45, 2.75) is 17.1 Å². The second kappa shape index (κ2) is 7.18. The monoisotopic (exact) mass is 303 g/mol. The Morgan fingerprint density at radius 3 is 2.75 bits per heavy atom. The molecular weight excluding hydrogens is 290 g/mol. The zero-order chi connectivity index (χ0) is 14.4. The van der Waals surface area contributed by atoms with Gasteiger partial charge in [-0.3, -0.25) is 0 Å². The third-order valence-corrected chi connectivity index (χ3v) is 4.02. The van der Waals surface area contributed by atoms with Gasteiger partial charge in [0.25, 0.3) is 0 Å². The predicted molar refractivity (Wildman–Crippen MR) is 84.2 cm³/mol. The highest BCUT2D eigenvalue weighted by Gasteiger charge is 2.06. The molecule has 20 heavy (non-hydrogen) atoms. The van der Waals surface area contributed by atoms with Crippen molar-refractivity contribution in [2.24, 2.45) is 0 Å². The quantitative estimate of drug-likeness (QED) is 0.841. The van der Waals surface area contributed by atoms with Gasteiger partial charge in [0.15, 0.2) is 5.69 Å². The topological polar surface area (TPSA) is 48.7 Å². The third-order valence-electron chi connectivity index (χ3n) is 2.60. The summed E-state index contributed by atoms with van der Waals surface area (Å²) < 4.78 is 0. The summed E-state index contributed by atoms with van der Waals surface area (Å²) in [4.78, 5) is 5.40. The maximum absolute atomic E-state index is 8.89. The number of halogens is 1. The van der Waals surface area contributed by atoms with Gasteiger partial charge in [0, 0.05) is 16.7 Å². The summed E-state index contributed by atoms with van der Waals surface area (Å²) in [6, 6.07) is 15.7. The summed E-state index contributed by atoms with van der Waals surface area (Å²) in [5.41, 5.74) is 0.250. The highest BCUT2D eigenvalue weighted by Crippen LogP contribution is 2.23. The number of aromatic nitrogens is 1. The minimum atomic E-state index is 0.250. The fraction of sp³-hybridized carbons (Fsp3) is 0.200. The zero-order valence-electron chi connectivity index (χ0n) is 11.0. The molecule has 0 aliphatic carbocycles. The summed E-state index contributed by atoms with van der Waals surface area (Å²) in [6.07, 6.45) is 0. The molecule has 0 radical (unpaired) electrons. The number of hydrogen-bond donors (Lipinski definition) is 1. The highest BCUT2D eigenvalue weighted by molar-refractivity contribution is 8.00. The maximum atomic E-state index is 8.89. The van der Waals surface area contributed by atoms with E-state index in [0.29, 0.717) is 16.1 Å². The first kappa shape index (κ1) is 14.7. The molecule has 5 heteroatoms. The molecule has 1 N–H and O–H groups in total. The number of nitrogens with zero attached hydrogens (tertiary/aromatic N) is 2. The summed E-state index contributed by atoms with van der Waals surface area (Å²) in [5.74, 6) is 0.673. The molecule has 0 spiro atoms. The third kappa shape index (κ3) is 4.16. The number of nitriles is 1. The van der Waals surface area contributed by atoms with Crippen molar-refractivity contribution in [2.75, 3.05) is 11.9 Å². The van der Waals surface area contributed by atoms with Gasteiger partial charge in [0.05, 0.1) is 5.02 Å². The Bertz CT molecular complexity index is 610. The van der Waals surface area contributed by atoms with E-state index in [1.807, 2.05) is 24.3 Å². The summed E-state index contributed by atoms with van der Waals surface area (Å²) in [7, 11) is 0. The van der Waals surface area contributed by atoms with E-state index in [-0.39, 0.29) is 5.69 Å². The molecule has 2 rings (SSSR count). The van der Waals surface area contributed by atoms with Crippen molar-refractivity contribution >= 4 is 29.2 Å². The van der Waals surface area contributed by atoms with Gasteiger partial charge >= 0.3 is 0 Å². The van der Waals surface area contributed by atoms with Crippen LogP contribution in [0.2, 0.25) is 5.02 Å². The molecule has 1 aromatic heterocycles. The Balaban J connectivity index is 1.90. The van der Waals surface area contributed by atoms with Crippen LogP contribution in [0.25, 0.3) is 0 Å². The van der Waals surface area contributed by atoms with Crippen molar-refractivity contribution < 1.29 is 0 Å². The van der Waals surface area contributed by atoms with E-state index in [0.717, 1.165) is 6.54 Å². The fourth-order valence-electron chi connectivity index (χ4n) is 1.64. The lowest BCUT2D eigenvalue weighted by Crippen LogP contribution is -2.14. The van der Waals surface area contributed by atoms with Crippen LogP contribution in [-0.4, -0.2) is 16.8 Å². The van der Waals surface area contributed by atoms with Crippen LogP contribution in [0.1, 0.15) is 12.6 Å². The van der Waals surface area contributed by atoms with E-state index < -0.39 is 0 Å². The molecule has 0 amide bonds. The van der Waals surface area contributed by atoms with Crippen molar-refractivity contribution in [1.29, 1.82) is 5.26 Å². The Morgan fingerprint density at radius 1 is 1.30 bits per heavy atom. The minimum Gasteiger partial charge on any atom is -0.369 e. The van der Waals surface area contributed by atoms with Crippen molar-refractivity contribution in [3.05, 3.63) is 53.2 Å². The molecule has 102 valence electrons. The standard InChI is InChI=1S/C15H14ClN3S/c1-11(20-12-5-3-2-4-6-12)10-18-15-8-7-13(16)14(9-17)19-15/h2-8,11H,10H2,1H3,(H,18,19). The Labute approximate surface area is 128 Å². The van der Waals surface area contributed by atoms with Gasteiger partial charge < -0.3 is 5.32 Å². The number of thioether (sulfide) groups is 1. The van der Waals surface area contributed by atoms with Crippen LogP contribution >= 0.6 is 23.4 Å². The van der Waals surface area contributed by atoms with Crippen LogP contribution in [0.5, 0.6) is 0 Å². The summed E-state index contributed by atoms with van der Waals surface area (Å²) >= 11 is 7.64. The van der Waals surface area contributed by atoms with Crippen molar-refractivity contribution in [1.82, 2.24) is 4.98 Å². The van der Waals surface area contributed by atoms with E-state index >= 15 is 0 Å². The zero-order valence-corrected chi connectivity index (χ0v) is 12.6. The van der Waals surface area contributed by atoms with E-state index in [9.17, 15) is 0 Å². The molecule has 0 fully saturated rings. The predicted octanol–water partition coefficient (Wildman–Crippen LogP) is 4.20. The number of nitrogens with one attached hydrogen (secondary N) is 1. The average molecular weight is 304 g/mol. The van der Waals surface area contributed by atoms with Crippen LogP contribution in [0.4, 0.5) is 5.82 Å². The normalized spacial score (nSPS) is 11.7.